The summed E-state index contributed by atoms with van der Waals surface area (Å²) in [5.41, 5.74) is -0.475. The lowest BCUT2D eigenvalue weighted by Gasteiger charge is -2.39. The van der Waals surface area contributed by atoms with Crippen molar-refractivity contribution in [1.82, 2.24) is 4.90 Å². The minimum absolute atomic E-state index is 0.0681. The minimum atomic E-state index is -0.631. The second kappa shape index (κ2) is 5.58. The Morgan fingerprint density at radius 1 is 1.53 bits per heavy atom. The van der Waals surface area contributed by atoms with Crippen LogP contribution in [0.15, 0.2) is 0 Å². The molecule has 0 aromatic carbocycles. The third-order valence-corrected chi connectivity index (χ3v) is 3.88. The number of piperidine rings is 1. The lowest BCUT2D eigenvalue weighted by Crippen LogP contribution is -2.52. The first-order valence-electron chi connectivity index (χ1n) is 6.69. The number of hydrogen-bond acceptors (Lipinski definition) is 4. The Kier molecular flexibility index (Phi) is 4.42. The van der Waals surface area contributed by atoms with E-state index in [1.807, 2.05) is 20.8 Å². The Morgan fingerprint density at radius 3 is 2.84 bits per heavy atom. The van der Waals surface area contributed by atoms with Crippen molar-refractivity contribution in [2.75, 3.05) is 25.0 Å². The first-order chi connectivity index (χ1) is 8.84. The van der Waals surface area contributed by atoms with Gasteiger partial charge in [-0.2, -0.15) is 0 Å². The van der Waals surface area contributed by atoms with Crippen molar-refractivity contribution in [3.8, 4) is 0 Å². The molecule has 2 aliphatic heterocycles. The zero-order valence-electron chi connectivity index (χ0n) is 11.8. The summed E-state index contributed by atoms with van der Waals surface area (Å²) in [6.07, 6.45) is 1.48. The van der Waals surface area contributed by atoms with Crippen LogP contribution >= 0.6 is 15.9 Å². The Hall–Kier alpha value is -0.330. The van der Waals surface area contributed by atoms with Gasteiger partial charge < -0.3 is 19.1 Å². The molecule has 2 heterocycles. The van der Waals surface area contributed by atoms with Crippen molar-refractivity contribution in [1.29, 1.82) is 0 Å². The monoisotopic (exact) mass is 335 g/mol. The first-order valence-corrected chi connectivity index (χ1v) is 7.81. The van der Waals surface area contributed by atoms with Crippen molar-refractivity contribution in [2.24, 2.45) is 0 Å². The quantitative estimate of drug-likeness (QED) is 0.691. The summed E-state index contributed by atoms with van der Waals surface area (Å²) in [5.74, 6) is -0.631. The molecule has 2 fully saturated rings. The van der Waals surface area contributed by atoms with Crippen LogP contribution in [-0.4, -0.2) is 53.5 Å². The molecule has 2 saturated heterocycles. The number of carbonyl (C=O) groups excluding carboxylic acids is 1. The van der Waals surface area contributed by atoms with E-state index in [0.29, 0.717) is 19.7 Å². The van der Waals surface area contributed by atoms with E-state index in [-0.39, 0.29) is 12.2 Å². The van der Waals surface area contributed by atoms with Crippen LogP contribution in [0.4, 0.5) is 4.79 Å². The van der Waals surface area contributed by atoms with E-state index in [0.717, 1.165) is 18.2 Å². The molecule has 2 atom stereocenters. The van der Waals surface area contributed by atoms with Gasteiger partial charge in [0.05, 0.1) is 19.3 Å². The fourth-order valence-electron chi connectivity index (χ4n) is 2.38. The number of nitrogens with zero attached hydrogens (tertiary/aromatic N) is 1. The summed E-state index contributed by atoms with van der Waals surface area (Å²) in [6, 6.07) is 0. The molecule has 19 heavy (non-hydrogen) atoms. The van der Waals surface area contributed by atoms with Crippen LogP contribution in [0.3, 0.4) is 0 Å². The number of carbonyl (C=O) groups is 1. The fourth-order valence-corrected chi connectivity index (χ4v) is 2.70. The summed E-state index contributed by atoms with van der Waals surface area (Å²) in [4.78, 5) is 13.8. The largest absolute Gasteiger partial charge is 0.444 e. The number of amides is 1. The lowest BCUT2D eigenvalue weighted by molar-refractivity contribution is -0.193. The second-order valence-electron chi connectivity index (χ2n) is 6.12. The van der Waals surface area contributed by atoms with Crippen LogP contribution in [0.5, 0.6) is 0 Å². The average Bonchev–Trinajstić information content (AvgIpc) is 2.70. The molecule has 2 unspecified atom stereocenters. The smallest absolute Gasteiger partial charge is 0.410 e. The first kappa shape index (κ1) is 15.1. The number of ether oxygens (including phenoxy) is 3. The highest BCUT2D eigenvalue weighted by atomic mass is 79.9. The predicted octanol–water partition coefficient (Wildman–Crippen LogP) is 2.52. The Balaban J connectivity index is 1.96. The highest BCUT2D eigenvalue weighted by Crippen LogP contribution is 2.33. The van der Waals surface area contributed by atoms with Gasteiger partial charge in [-0.3, -0.25) is 0 Å². The highest BCUT2D eigenvalue weighted by molar-refractivity contribution is 9.09. The molecule has 2 aliphatic rings. The maximum absolute atomic E-state index is 12.1. The van der Waals surface area contributed by atoms with E-state index in [2.05, 4.69) is 15.9 Å². The fraction of sp³-hybridized carbons (Fsp3) is 0.923. The molecule has 110 valence electrons. The zero-order valence-corrected chi connectivity index (χ0v) is 13.4. The van der Waals surface area contributed by atoms with Crippen LogP contribution < -0.4 is 0 Å². The van der Waals surface area contributed by atoms with Crippen molar-refractivity contribution in [3.05, 3.63) is 0 Å². The summed E-state index contributed by atoms with van der Waals surface area (Å²) < 4.78 is 17.1. The van der Waals surface area contributed by atoms with Crippen molar-refractivity contribution >= 4 is 22.0 Å². The van der Waals surface area contributed by atoms with Gasteiger partial charge in [0.2, 0.25) is 0 Å². The maximum Gasteiger partial charge on any atom is 0.410 e. The molecule has 1 spiro atoms. The van der Waals surface area contributed by atoms with Gasteiger partial charge in [-0.05, 0) is 27.2 Å². The molecule has 0 N–H and O–H groups in total. The molecule has 0 saturated carbocycles. The lowest BCUT2D eigenvalue weighted by atomic mass is 10.1. The van der Waals surface area contributed by atoms with E-state index in [1.54, 1.807) is 4.90 Å². The third kappa shape index (κ3) is 3.83. The number of likely N-dealkylation sites (tertiary alicyclic amines) is 1. The number of halogens is 1. The minimum Gasteiger partial charge on any atom is -0.444 e. The van der Waals surface area contributed by atoms with E-state index in [1.165, 1.54) is 0 Å². The number of alkyl halides is 1. The number of rotatable bonds is 1. The van der Waals surface area contributed by atoms with Crippen LogP contribution in [0.25, 0.3) is 0 Å². The summed E-state index contributed by atoms with van der Waals surface area (Å²) in [5, 5.41) is 0.751. The third-order valence-electron chi connectivity index (χ3n) is 3.15. The van der Waals surface area contributed by atoms with E-state index in [4.69, 9.17) is 14.2 Å². The Labute approximate surface area is 122 Å². The molecule has 0 aromatic rings. The molecular formula is C13H22BrNO4. The van der Waals surface area contributed by atoms with Gasteiger partial charge in [-0.25, -0.2) is 4.79 Å². The van der Waals surface area contributed by atoms with Crippen molar-refractivity contribution in [2.45, 2.75) is 51.1 Å². The average molecular weight is 336 g/mol. The zero-order chi connectivity index (χ0) is 14.1. The SMILES string of the molecule is CC(C)(C)OC(=O)N1CCCC2(C1)OCC(CBr)O2. The van der Waals surface area contributed by atoms with Gasteiger partial charge in [0.1, 0.15) is 5.60 Å². The standard InChI is InChI=1S/C13H22BrNO4/c1-12(2,3)19-11(16)15-6-4-5-13(9-15)17-8-10(7-14)18-13/h10H,4-9H2,1-3H3. The van der Waals surface area contributed by atoms with Crippen molar-refractivity contribution < 1.29 is 19.0 Å². The number of hydrogen-bond donors (Lipinski definition) is 0. The molecule has 2 rings (SSSR count). The van der Waals surface area contributed by atoms with Crippen LogP contribution in [-0.2, 0) is 14.2 Å². The second-order valence-corrected chi connectivity index (χ2v) is 6.77. The van der Waals surface area contributed by atoms with Gasteiger partial charge in [0, 0.05) is 18.3 Å². The van der Waals surface area contributed by atoms with E-state index in [9.17, 15) is 4.79 Å². The summed E-state index contributed by atoms with van der Waals surface area (Å²) in [6.45, 7) is 7.33. The van der Waals surface area contributed by atoms with Gasteiger partial charge in [0.25, 0.3) is 0 Å². The Bertz CT molecular complexity index is 344. The van der Waals surface area contributed by atoms with Crippen molar-refractivity contribution in [3.63, 3.8) is 0 Å². The molecule has 0 aromatic heterocycles. The highest BCUT2D eigenvalue weighted by Gasteiger charge is 2.46. The Morgan fingerprint density at radius 2 is 2.26 bits per heavy atom. The molecular weight excluding hydrogens is 314 g/mol. The normalized spacial score (nSPS) is 31.8. The van der Waals surface area contributed by atoms with Gasteiger partial charge in [0.15, 0.2) is 5.79 Å². The molecule has 0 bridgehead atoms. The summed E-state index contributed by atoms with van der Waals surface area (Å²) in [7, 11) is 0. The molecule has 5 nitrogen and oxygen atoms in total. The predicted molar refractivity (Wildman–Crippen MR) is 74.4 cm³/mol. The van der Waals surface area contributed by atoms with E-state index < -0.39 is 11.4 Å². The summed E-state index contributed by atoms with van der Waals surface area (Å²) >= 11 is 3.40. The van der Waals surface area contributed by atoms with E-state index >= 15 is 0 Å². The van der Waals surface area contributed by atoms with Crippen LogP contribution in [0.1, 0.15) is 33.6 Å². The molecule has 1 amide bonds. The van der Waals surface area contributed by atoms with Gasteiger partial charge >= 0.3 is 6.09 Å². The van der Waals surface area contributed by atoms with Crippen LogP contribution in [0.2, 0.25) is 0 Å². The van der Waals surface area contributed by atoms with Gasteiger partial charge in [-0.1, -0.05) is 15.9 Å². The van der Waals surface area contributed by atoms with Crippen LogP contribution in [0, 0.1) is 0 Å². The molecule has 0 radical (unpaired) electrons. The van der Waals surface area contributed by atoms with Gasteiger partial charge in [-0.15, -0.1) is 0 Å². The maximum atomic E-state index is 12.1. The molecule has 6 heteroatoms. The molecule has 0 aliphatic carbocycles. The topological polar surface area (TPSA) is 48.0 Å².